The van der Waals surface area contributed by atoms with Crippen molar-refractivity contribution in [3.63, 3.8) is 0 Å². The van der Waals surface area contributed by atoms with E-state index in [1.165, 1.54) is 16.7 Å². The number of aromatic nitrogens is 2. The van der Waals surface area contributed by atoms with Crippen LogP contribution in [-0.4, -0.2) is 21.1 Å². The van der Waals surface area contributed by atoms with Gasteiger partial charge in [-0.25, -0.2) is 9.18 Å². The molecule has 0 spiro atoms. The fraction of sp³-hybridized carbons (Fsp3) is 0.348. The molecule has 156 valence electrons. The summed E-state index contributed by atoms with van der Waals surface area (Å²) in [5.41, 5.74) is 0.382. The van der Waals surface area contributed by atoms with Gasteiger partial charge in [0.15, 0.2) is 0 Å². The third-order valence-electron chi connectivity index (χ3n) is 5.67. The zero-order valence-corrected chi connectivity index (χ0v) is 16.6. The zero-order chi connectivity index (χ0) is 21.1. The normalized spacial score (nSPS) is 14.3. The van der Waals surface area contributed by atoms with E-state index >= 15 is 0 Å². The summed E-state index contributed by atoms with van der Waals surface area (Å²) >= 11 is 0. The van der Waals surface area contributed by atoms with E-state index < -0.39 is 11.2 Å². The second-order valence-electron chi connectivity index (χ2n) is 7.77. The van der Waals surface area contributed by atoms with E-state index in [0.29, 0.717) is 10.9 Å². The molecule has 1 amide bonds. The minimum Gasteiger partial charge on any atom is -0.353 e. The van der Waals surface area contributed by atoms with Gasteiger partial charge in [0.25, 0.3) is 5.56 Å². The van der Waals surface area contributed by atoms with Gasteiger partial charge in [0, 0.05) is 19.0 Å². The van der Waals surface area contributed by atoms with Gasteiger partial charge in [-0.1, -0.05) is 37.1 Å². The topological polar surface area (TPSA) is 73.1 Å². The number of nitrogens with one attached hydrogen (secondary N) is 1. The Kier molecular flexibility index (Phi) is 5.79. The molecule has 7 heteroatoms. The van der Waals surface area contributed by atoms with Crippen LogP contribution in [0.5, 0.6) is 0 Å². The third-order valence-corrected chi connectivity index (χ3v) is 5.67. The third kappa shape index (κ3) is 4.20. The van der Waals surface area contributed by atoms with Crippen LogP contribution in [0, 0.1) is 5.82 Å². The number of hydrogen-bond acceptors (Lipinski definition) is 3. The molecule has 1 saturated carbocycles. The van der Waals surface area contributed by atoms with Crippen molar-refractivity contribution in [3.8, 4) is 0 Å². The maximum Gasteiger partial charge on any atom is 0.331 e. The molecule has 0 atom stereocenters. The van der Waals surface area contributed by atoms with Crippen molar-refractivity contribution in [1.29, 1.82) is 0 Å². The van der Waals surface area contributed by atoms with E-state index in [0.717, 1.165) is 35.8 Å². The average Bonchev–Trinajstić information content (AvgIpc) is 3.25. The number of rotatable bonds is 6. The van der Waals surface area contributed by atoms with Gasteiger partial charge in [0.05, 0.1) is 17.4 Å². The molecule has 0 saturated heterocycles. The number of amides is 1. The standard InChI is InChI=1S/C23H24FN3O3/c24-17-11-9-16(10-12-17)15-27-20-8-4-3-7-19(20)22(29)26(23(27)30)14-13-21(28)25-18-5-1-2-6-18/h3-4,7-12,18H,1-2,5-6,13-15H2,(H,25,28). The fourth-order valence-electron chi connectivity index (χ4n) is 4.08. The second kappa shape index (κ2) is 8.65. The van der Waals surface area contributed by atoms with Gasteiger partial charge in [-0.2, -0.15) is 0 Å². The average molecular weight is 409 g/mol. The molecule has 1 heterocycles. The van der Waals surface area contributed by atoms with Crippen LogP contribution in [0.4, 0.5) is 4.39 Å². The number of para-hydroxylation sites is 1. The van der Waals surface area contributed by atoms with Gasteiger partial charge in [-0.15, -0.1) is 0 Å². The minimum atomic E-state index is -0.475. The number of hydrogen-bond donors (Lipinski definition) is 1. The van der Waals surface area contributed by atoms with Crippen molar-refractivity contribution in [1.82, 2.24) is 14.5 Å². The Balaban J connectivity index is 1.65. The highest BCUT2D eigenvalue weighted by Crippen LogP contribution is 2.17. The zero-order valence-electron chi connectivity index (χ0n) is 16.6. The highest BCUT2D eigenvalue weighted by Gasteiger charge is 2.18. The highest BCUT2D eigenvalue weighted by atomic mass is 19.1. The molecule has 0 aliphatic heterocycles. The van der Waals surface area contributed by atoms with Crippen LogP contribution < -0.4 is 16.6 Å². The Morgan fingerprint density at radius 2 is 1.70 bits per heavy atom. The van der Waals surface area contributed by atoms with E-state index in [9.17, 15) is 18.8 Å². The van der Waals surface area contributed by atoms with Crippen molar-refractivity contribution < 1.29 is 9.18 Å². The number of carbonyl (C=O) groups is 1. The SMILES string of the molecule is O=C(CCn1c(=O)c2ccccc2n(Cc2ccc(F)cc2)c1=O)NC1CCCC1. The lowest BCUT2D eigenvalue weighted by molar-refractivity contribution is -0.122. The summed E-state index contributed by atoms with van der Waals surface area (Å²) in [6.07, 6.45) is 4.26. The van der Waals surface area contributed by atoms with E-state index in [-0.39, 0.29) is 37.3 Å². The number of halogens is 1. The van der Waals surface area contributed by atoms with Crippen molar-refractivity contribution in [2.24, 2.45) is 0 Å². The number of benzene rings is 2. The van der Waals surface area contributed by atoms with Crippen LogP contribution in [0.3, 0.4) is 0 Å². The first-order valence-electron chi connectivity index (χ1n) is 10.3. The first-order chi connectivity index (χ1) is 14.5. The van der Waals surface area contributed by atoms with E-state index in [4.69, 9.17) is 0 Å². The molecule has 1 N–H and O–H groups in total. The molecule has 6 nitrogen and oxygen atoms in total. The van der Waals surface area contributed by atoms with Gasteiger partial charge in [0.2, 0.25) is 5.91 Å². The van der Waals surface area contributed by atoms with E-state index in [1.807, 2.05) is 0 Å². The highest BCUT2D eigenvalue weighted by molar-refractivity contribution is 5.78. The quantitative estimate of drug-likeness (QED) is 0.680. The van der Waals surface area contributed by atoms with Gasteiger partial charge in [-0.3, -0.25) is 18.7 Å². The van der Waals surface area contributed by atoms with E-state index in [2.05, 4.69) is 5.32 Å². The van der Waals surface area contributed by atoms with Crippen molar-refractivity contribution in [2.45, 2.75) is 51.2 Å². The predicted molar refractivity (Wildman–Crippen MR) is 113 cm³/mol. The molecule has 4 rings (SSSR count). The largest absolute Gasteiger partial charge is 0.353 e. The van der Waals surface area contributed by atoms with Gasteiger partial charge in [0.1, 0.15) is 5.82 Å². The summed E-state index contributed by atoms with van der Waals surface area (Å²) in [6.45, 7) is 0.221. The predicted octanol–water partition coefficient (Wildman–Crippen LogP) is 2.80. The van der Waals surface area contributed by atoms with Crippen LogP contribution in [0.15, 0.2) is 58.1 Å². The van der Waals surface area contributed by atoms with Crippen molar-refractivity contribution in [3.05, 3.63) is 80.7 Å². The molecular formula is C23H24FN3O3. The summed E-state index contributed by atoms with van der Waals surface area (Å²) in [6, 6.07) is 13.0. The lowest BCUT2D eigenvalue weighted by Crippen LogP contribution is -2.42. The number of fused-ring (bicyclic) bond motifs is 1. The Morgan fingerprint density at radius 3 is 2.43 bits per heavy atom. The van der Waals surface area contributed by atoms with Crippen LogP contribution in [0.2, 0.25) is 0 Å². The molecule has 2 aromatic carbocycles. The summed E-state index contributed by atoms with van der Waals surface area (Å²) in [5.74, 6) is -0.499. The Bertz CT molecular complexity index is 1180. The molecule has 1 fully saturated rings. The molecule has 1 aromatic heterocycles. The second-order valence-corrected chi connectivity index (χ2v) is 7.77. The Morgan fingerprint density at radius 1 is 1.00 bits per heavy atom. The minimum absolute atomic E-state index is 0.0183. The lowest BCUT2D eigenvalue weighted by Gasteiger charge is -2.15. The first-order valence-corrected chi connectivity index (χ1v) is 10.3. The molecule has 0 unspecified atom stereocenters. The van der Waals surface area contributed by atoms with Crippen LogP contribution in [0.1, 0.15) is 37.7 Å². The molecule has 1 aliphatic carbocycles. The van der Waals surface area contributed by atoms with Gasteiger partial charge >= 0.3 is 5.69 Å². The smallest absolute Gasteiger partial charge is 0.331 e. The molecule has 3 aromatic rings. The van der Waals surface area contributed by atoms with Crippen LogP contribution >= 0.6 is 0 Å². The van der Waals surface area contributed by atoms with Crippen LogP contribution in [0.25, 0.3) is 10.9 Å². The summed E-state index contributed by atoms with van der Waals surface area (Å²) < 4.78 is 15.9. The number of nitrogens with zero attached hydrogens (tertiary/aromatic N) is 2. The number of carbonyl (C=O) groups excluding carboxylic acids is 1. The molecular weight excluding hydrogens is 385 g/mol. The first kappa shape index (κ1) is 20.1. The maximum atomic E-state index is 13.2. The van der Waals surface area contributed by atoms with Gasteiger partial charge in [-0.05, 0) is 42.7 Å². The summed E-state index contributed by atoms with van der Waals surface area (Å²) in [4.78, 5) is 38.4. The van der Waals surface area contributed by atoms with Crippen molar-refractivity contribution >= 4 is 16.8 Å². The molecule has 30 heavy (non-hydrogen) atoms. The summed E-state index contributed by atoms with van der Waals surface area (Å²) in [5, 5.41) is 3.40. The molecule has 0 bridgehead atoms. The summed E-state index contributed by atoms with van der Waals surface area (Å²) in [7, 11) is 0. The van der Waals surface area contributed by atoms with Crippen LogP contribution in [-0.2, 0) is 17.9 Å². The maximum absolute atomic E-state index is 13.2. The monoisotopic (exact) mass is 409 g/mol. The van der Waals surface area contributed by atoms with Gasteiger partial charge < -0.3 is 5.32 Å². The van der Waals surface area contributed by atoms with E-state index in [1.54, 1.807) is 36.4 Å². The fourth-order valence-corrected chi connectivity index (χ4v) is 4.08. The van der Waals surface area contributed by atoms with Crippen molar-refractivity contribution in [2.75, 3.05) is 0 Å². The Labute approximate surface area is 173 Å². The Hall–Kier alpha value is -3.22. The lowest BCUT2D eigenvalue weighted by atomic mass is 10.2. The molecule has 1 aliphatic rings. The molecule has 0 radical (unpaired) electrons.